The second kappa shape index (κ2) is 6.80. The molecule has 110 valence electrons. The fraction of sp³-hybridized carbons (Fsp3) is 0.231. The van der Waals surface area contributed by atoms with Crippen LogP contribution in [0.2, 0.25) is 0 Å². The summed E-state index contributed by atoms with van der Waals surface area (Å²) in [5.41, 5.74) is 0.744. The van der Waals surface area contributed by atoms with Gasteiger partial charge in [-0.1, -0.05) is 0 Å². The summed E-state index contributed by atoms with van der Waals surface area (Å²) < 4.78 is 1.61. The lowest BCUT2D eigenvalue weighted by Gasteiger charge is -2.02. The summed E-state index contributed by atoms with van der Waals surface area (Å²) >= 11 is 1.52. The number of nitrogens with one attached hydrogen (secondary N) is 1. The van der Waals surface area contributed by atoms with Crippen molar-refractivity contribution in [3.05, 3.63) is 40.4 Å². The van der Waals surface area contributed by atoms with Crippen LogP contribution in [-0.2, 0) is 11.3 Å². The quantitative estimate of drug-likeness (QED) is 0.781. The number of carboxylic acid groups (broad SMARTS) is 1. The molecule has 0 fully saturated rings. The largest absolute Gasteiger partial charge is 0.476 e. The predicted molar refractivity (Wildman–Crippen MR) is 78.1 cm³/mol. The van der Waals surface area contributed by atoms with Gasteiger partial charge in [-0.2, -0.15) is 0 Å². The van der Waals surface area contributed by atoms with Crippen LogP contribution < -0.4 is 5.32 Å². The number of carboxylic acids is 1. The molecule has 7 nitrogen and oxygen atoms in total. The van der Waals surface area contributed by atoms with Gasteiger partial charge < -0.3 is 15.0 Å². The summed E-state index contributed by atoms with van der Waals surface area (Å²) in [4.78, 5) is 30.2. The molecule has 0 saturated carbocycles. The van der Waals surface area contributed by atoms with E-state index in [2.05, 4.69) is 15.3 Å². The van der Waals surface area contributed by atoms with Crippen molar-refractivity contribution in [3.63, 3.8) is 0 Å². The number of amides is 1. The molecule has 21 heavy (non-hydrogen) atoms. The molecule has 8 heteroatoms. The maximum atomic E-state index is 11.6. The molecular formula is C13H14N4O3S. The van der Waals surface area contributed by atoms with Gasteiger partial charge in [0.1, 0.15) is 0 Å². The van der Waals surface area contributed by atoms with E-state index in [0.717, 1.165) is 10.7 Å². The number of imidazole rings is 1. The van der Waals surface area contributed by atoms with Crippen molar-refractivity contribution >= 4 is 29.3 Å². The molecule has 2 rings (SSSR count). The van der Waals surface area contributed by atoms with E-state index in [1.54, 1.807) is 10.6 Å². The van der Waals surface area contributed by atoms with E-state index in [9.17, 15) is 9.59 Å². The molecule has 0 saturated heterocycles. The molecule has 0 aliphatic carbocycles. The van der Waals surface area contributed by atoms with Gasteiger partial charge in [-0.05, 0) is 13.0 Å². The van der Waals surface area contributed by atoms with Crippen LogP contribution in [0.15, 0.2) is 24.0 Å². The van der Waals surface area contributed by atoms with Crippen molar-refractivity contribution in [2.24, 2.45) is 0 Å². The molecule has 1 amide bonds. The molecule has 0 spiro atoms. The zero-order valence-electron chi connectivity index (χ0n) is 11.3. The first-order valence-electron chi connectivity index (χ1n) is 6.17. The van der Waals surface area contributed by atoms with Crippen molar-refractivity contribution in [2.45, 2.75) is 13.5 Å². The summed E-state index contributed by atoms with van der Waals surface area (Å²) in [5, 5.41) is 14.3. The highest BCUT2D eigenvalue weighted by atomic mass is 32.1. The molecule has 2 N–H and O–H groups in total. The van der Waals surface area contributed by atoms with Crippen molar-refractivity contribution in [3.8, 4) is 0 Å². The van der Waals surface area contributed by atoms with E-state index in [1.807, 2.05) is 12.3 Å². The van der Waals surface area contributed by atoms with E-state index >= 15 is 0 Å². The van der Waals surface area contributed by atoms with Gasteiger partial charge in [0, 0.05) is 30.7 Å². The average Bonchev–Trinajstić information content (AvgIpc) is 3.05. The van der Waals surface area contributed by atoms with Gasteiger partial charge in [0.15, 0.2) is 5.69 Å². The highest BCUT2D eigenvalue weighted by molar-refractivity contribution is 7.09. The number of carbonyl (C=O) groups excluding carboxylic acids is 1. The van der Waals surface area contributed by atoms with Crippen molar-refractivity contribution < 1.29 is 14.7 Å². The Morgan fingerprint density at radius 2 is 2.33 bits per heavy atom. The SMILES string of the molecule is Cc1nc(/C=C/C(=O)NCCn2cnc(C(=O)O)c2)cs1. The molecule has 2 aromatic rings. The average molecular weight is 306 g/mol. The molecule has 0 aliphatic rings. The monoisotopic (exact) mass is 306 g/mol. The molecule has 0 unspecified atom stereocenters. The van der Waals surface area contributed by atoms with Crippen LogP contribution >= 0.6 is 11.3 Å². The van der Waals surface area contributed by atoms with Crippen LogP contribution in [0.25, 0.3) is 6.08 Å². The molecule has 0 aliphatic heterocycles. The summed E-state index contributed by atoms with van der Waals surface area (Å²) in [6, 6.07) is 0. The Balaban J connectivity index is 1.76. The summed E-state index contributed by atoms with van der Waals surface area (Å²) in [7, 11) is 0. The fourth-order valence-electron chi connectivity index (χ4n) is 1.58. The highest BCUT2D eigenvalue weighted by Crippen LogP contribution is 2.08. The molecule has 0 atom stereocenters. The zero-order valence-corrected chi connectivity index (χ0v) is 12.1. The molecule has 0 aromatic carbocycles. The standard InChI is InChI=1S/C13H14N4O3S/c1-9-16-10(7-21-9)2-3-12(18)14-4-5-17-6-11(13(19)20)15-8-17/h2-3,6-8H,4-5H2,1H3,(H,14,18)(H,19,20)/b3-2+. The molecule has 2 aromatic heterocycles. The van der Waals surface area contributed by atoms with Gasteiger partial charge in [-0.15, -0.1) is 11.3 Å². The van der Waals surface area contributed by atoms with E-state index in [-0.39, 0.29) is 11.6 Å². The number of aromatic nitrogens is 3. The minimum absolute atomic E-state index is 0.0138. The molecular weight excluding hydrogens is 292 g/mol. The first-order chi connectivity index (χ1) is 10.0. The summed E-state index contributed by atoms with van der Waals surface area (Å²) in [5.74, 6) is -1.29. The van der Waals surface area contributed by atoms with E-state index in [4.69, 9.17) is 5.11 Å². The number of aryl methyl sites for hydroxylation is 1. The Labute approximate surface area is 125 Å². The third kappa shape index (κ3) is 4.53. The number of thiazole rings is 1. The van der Waals surface area contributed by atoms with E-state index in [0.29, 0.717) is 13.1 Å². The Morgan fingerprint density at radius 1 is 1.52 bits per heavy atom. The summed E-state index contributed by atoms with van der Waals surface area (Å²) in [6.45, 7) is 2.74. The highest BCUT2D eigenvalue weighted by Gasteiger charge is 2.06. The maximum Gasteiger partial charge on any atom is 0.356 e. The Bertz CT molecular complexity index is 675. The van der Waals surface area contributed by atoms with Crippen LogP contribution in [0, 0.1) is 6.92 Å². The topological polar surface area (TPSA) is 97.1 Å². The van der Waals surface area contributed by atoms with Gasteiger partial charge in [-0.25, -0.2) is 14.8 Å². The first-order valence-corrected chi connectivity index (χ1v) is 7.05. The smallest absolute Gasteiger partial charge is 0.356 e. The van der Waals surface area contributed by atoms with Gasteiger partial charge in [0.2, 0.25) is 5.91 Å². The number of rotatable bonds is 6. The second-order valence-electron chi connectivity index (χ2n) is 4.22. The predicted octanol–water partition coefficient (Wildman–Crippen LogP) is 1.18. The Morgan fingerprint density at radius 3 is 2.95 bits per heavy atom. The number of aromatic carboxylic acids is 1. The van der Waals surface area contributed by atoms with E-state index in [1.165, 1.54) is 29.9 Å². The third-order valence-electron chi connectivity index (χ3n) is 2.56. The van der Waals surface area contributed by atoms with Gasteiger partial charge in [0.25, 0.3) is 0 Å². The van der Waals surface area contributed by atoms with Crippen LogP contribution in [0.1, 0.15) is 21.2 Å². The minimum atomic E-state index is -1.07. The van der Waals surface area contributed by atoms with Crippen LogP contribution in [0.3, 0.4) is 0 Å². The number of hydrogen-bond donors (Lipinski definition) is 2. The van der Waals surface area contributed by atoms with Crippen molar-refractivity contribution in [1.29, 1.82) is 0 Å². The normalized spacial score (nSPS) is 10.9. The van der Waals surface area contributed by atoms with Gasteiger partial charge in [0.05, 0.1) is 17.0 Å². The van der Waals surface area contributed by atoms with E-state index < -0.39 is 5.97 Å². The lowest BCUT2D eigenvalue weighted by atomic mass is 10.4. The zero-order chi connectivity index (χ0) is 15.2. The van der Waals surface area contributed by atoms with Crippen LogP contribution in [0.4, 0.5) is 0 Å². The molecule has 0 radical (unpaired) electrons. The maximum absolute atomic E-state index is 11.6. The number of nitrogens with zero attached hydrogens (tertiary/aromatic N) is 3. The second-order valence-corrected chi connectivity index (χ2v) is 5.28. The lowest BCUT2D eigenvalue weighted by Crippen LogP contribution is -2.25. The first kappa shape index (κ1) is 14.9. The minimum Gasteiger partial charge on any atom is -0.476 e. The summed E-state index contributed by atoms with van der Waals surface area (Å²) in [6.07, 6.45) is 5.91. The molecule has 0 bridgehead atoms. The Kier molecular flexibility index (Phi) is 4.83. The third-order valence-corrected chi connectivity index (χ3v) is 3.36. The lowest BCUT2D eigenvalue weighted by molar-refractivity contribution is -0.116. The Hall–Kier alpha value is -2.48. The van der Waals surface area contributed by atoms with Gasteiger partial charge >= 0.3 is 5.97 Å². The van der Waals surface area contributed by atoms with Crippen LogP contribution in [-0.4, -0.2) is 38.1 Å². The molecule has 2 heterocycles. The van der Waals surface area contributed by atoms with Gasteiger partial charge in [-0.3, -0.25) is 4.79 Å². The van der Waals surface area contributed by atoms with Crippen LogP contribution in [0.5, 0.6) is 0 Å². The fourth-order valence-corrected chi connectivity index (χ4v) is 2.16. The van der Waals surface area contributed by atoms with Crippen molar-refractivity contribution in [1.82, 2.24) is 19.9 Å². The van der Waals surface area contributed by atoms with Crippen molar-refractivity contribution in [2.75, 3.05) is 6.54 Å². The number of hydrogen-bond acceptors (Lipinski definition) is 5. The number of carbonyl (C=O) groups is 2.